The molecule has 0 saturated heterocycles. The molecule has 0 radical (unpaired) electrons. The van der Waals surface area contributed by atoms with Crippen molar-refractivity contribution in [1.29, 1.82) is 0 Å². The van der Waals surface area contributed by atoms with E-state index in [2.05, 4.69) is 6.58 Å². The van der Waals surface area contributed by atoms with Gasteiger partial charge in [0.05, 0.1) is 7.11 Å². The van der Waals surface area contributed by atoms with Crippen molar-refractivity contribution >= 4 is 5.97 Å². The predicted molar refractivity (Wildman–Crippen MR) is 98.1 cm³/mol. The Balaban J connectivity index is 2.30. The summed E-state index contributed by atoms with van der Waals surface area (Å²) in [4.78, 5) is 13.0. The molecule has 2 aromatic rings. The average Bonchev–Trinajstić information content (AvgIpc) is 2.68. The van der Waals surface area contributed by atoms with Gasteiger partial charge in [0.25, 0.3) is 0 Å². The smallest absolute Gasteiger partial charge is 0.315 e. The molecule has 2 atom stereocenters. The zero-order valence-electron chi connectivity index (χ0n) is 14.6. The molecule has 3 rings (SSSR count). The number of hydrogen-bond donors (Lipinski definition) is 1. The van der Waals surface area contributed by atoms with Crippen molar-refractivity contribution in [3.63, 3.8) is 0 Å². The summed E-state index contributed by atoms with van der Waals surface area (Å²) < 4.78 is 5.19. The summed E-state index contributed by atoms with van der Waals surface area (Å²) in [6, 6.07) is 17.3. The van der Waals surface area contributed by atoms with E-state index >= 15 is 0 Å². The van der Waals surface area contributed by atoms with Crippen LogP contribution in [0.1, 0.15) is 36.0 Å². The van der Waals surface area contributed by atoms with E-state index in [1.807, 2.05) is 54.6 Å². The number of carbonyl (C=O) groups excluding carboxylic acids is 1. The Bertz CT molecular complexity index is 768. The van der Waals surface area contributed by atoms with Gasteiger partial charge in [0, 0.05) is 0 Å². The van der Waals surface area contributed by atoms with Crippen LogP contribution >= 0.6 is 0 Å². The third-order valence-electron chi connectivity index (χ3n) is 5.46. The molecular weight excluding hydrogens is 312 g/mol. The van der Waals surface area contributed by atoms with Crippen LogP contribution in [-0.4, -0.2) is 18.2 Å². The lowest BCUT2D eigenvalue weighted by atomic mass is 9.56. The van der Waals surface area contributed by atoms with Crippen molar-refractivity contribution in [2.75, 3.05) is 7.11 Å². The lowest BCUT2D eigenvalue weighted by Crippen LogP contribution is -2.55. The molecule has 1 aliphatic rings. The lowest BCUT2D eigenvalue weighted by molar-refractivity contribution is -0.173. The lowest BCUT2D eigenvalue weighted by Gasteiger charge is -2.49. The highest BCUT2D eigenvalue weighted by Crippen LogP contribution is 2.55. The summed E-state index contributed by atoms with van der Waals surface area (Å²) in [5, 5.41) is 12.1. The maximum Gasteiger partial charge on any atom is 0.315 e. The fourth-order valence-corrected chi connectivity index (χ4v) is 4.19. The fraction of sp³-hybridized carbons (Fsp3) is 0.318. The average molecular weight is 336 g/mol. The zero-order valence-corrected chi connectivity index (χ0v) is 14.6. The molecule has 130 valence electrons. The minimum Gasteiger partial charge on any atom is -0.468 e. The van der Waals surface area contributed by atoms with E-state index in [1.165, 1.54) is 7.11 Å². The Morgan fingerprint density at radius 3 is 2.56 bits per heavy atom. The van der Waals surface area contributed by atoms with Crippen LogP contribution in [0.5, 0.6) is 0 Å². The summed E-state index contributed by atoms with van der Waals surface area (Å²) in [6.45, 7) is 3.79. The maximum absolute atomic E-state index is 13.0. The Labute approximate surface area is 149 Å². The van der Waals surface area contributed by atoms with Gasteiger partial charge in [-0.05, 0) is 42.4 Å². The molecule has 0 aromatic heterocycles. The quantitative estimate of drug-likeness (QED) is 0.663. The second-order valence-electron chi connectivity index (χ2n) is 6.63. The molecule has 0 spiro atoms. The molecule has 2 aromatic carbocycles. The van der Waals surface area contributed by atoms with E-state index in [9.17, 15) is 9.90 Å². The van der Waals surface area contributed by atoms with Gasteiger partial charge in [0.15, 0.2) is 0 Å². The number of allylic oxidation sites excluding steroid dienone is 1. The molecule has 0 fully saturated rings. The number of benzene rings is 2. The Morgan fingerprint density at radius 2 is 1.88 bits per heavy atom. The molecule has 0 unspecified atom stereocenters. The molecule has 3 nitrogen and oxygen atoms in total. The molecule has 0 bridgehead atoms. The molecule has 0 heterocycles. The zero-order chi connectivity index (χ0) is 17.9. The van der Waals surface area contributed by atoms with E-state index in [0.717, 1.165) is 23.1 Å². The van der Waals surface area contributed by atoms with Gasteiger partial charge < -0.3 is 9.84 Å². The van der Waals surface area contributed by atoms with Crippen LogP contribution < -0.4 is 0 Å². The van der Waals surface area contributed by atoms with Crippen molar-refractivity contribution in [1.82, 2.24) is 0 Å². The summed E-state index contributed by atoms with van der Waals surface area (Å²) in [6.07, 6.45) is 4.18. The van der Waals surface area contributed by atoms with Crippen LogP contribution in [0.15, 0.2) is 67.3 Å². The standard InChI is InChI=1S/C22H24O3/c1-3-4-15-21(20(23)25-2)16-14-17-10-8-9-13-19(17)22(21,24)18-11-6-5-7-12-18/h3,5-13,24H,1,4,14-16H2,2H3/t21-,22+/m1/s1. The van der Waals surface area contributed by atoms with E-state index in [1.54, 1.807) is 6.08 Å². The first-order valence-electron chi connectivity index (χ1n) is 8.66. The van der Waals surface area contributed by atoms with Crippen LogP contribution in [-0.2, 0) is 21.6 Å². The number of methoxy groups -OCH3 is 1. The number of esters is 1. The second kappa shape index (κ2) is 6.85. The van der Waals surface area contributed by atoms with Crippen molar-refractivity contribution < 1.29 is 14.6 Å². The predicted octanol–water partition coefficient (Wildman–Crippen LogP) is 3.99. The molecule has 3 heteroatoms. The molecule has 1 aliphatic carbocycles. The number of fused-ring (bicyclic) bond motifs is 1. The van der Waals surface area contributed by atoms with Crippen molar-refractivity contribution in [3.05, 3.63) is 83.9 Å². The van der Waals surface area contributed by atoms with Crippen LogP contribution in [0.25, 0.3) is 0 Å². The van der Waals surface area contributed by atoms with Gasteiger partial charge in [-0.15, -0.1) is 6.58 Å². The molecule has 0 aliphatic heterocycles. The van der Waals surface area contributed by atoms with E-state index < -0.39 is 11.0 Å². The van der Waals surface area contributed by atoms with Crippen molar-refractivity contribution in [3.8, 4) is 0 Å². The van der Waals surface area contributed by atoms with Gasteiger partial charge in [-0.2, -0.15) is 0 Å². The summed E-state index contributed by atoms with van der Waals surface area (Å²) in [5.74, 6) is -0.366. The molecule has 1 N–H and O–H groups in total. The molecule has 25 heavy (non-hydrogen) atoms. The summed E-state index contributed by atoms with van der Waals surface area (Å²) in [5.41, 5.74) is 0.121. The highest BCUT2D eigenvalue weighted by Gasteiger charge is 2.60. The highest BCUT2D eigenvalue weighted by atomic mass is 16.5. The normalized spacial score (nSPS) is 25.0. The molecule has 0 saturated carbocycles. The summed E-state index contributed by atoms with van der Waals surface area (Å²) in [7, 11) is 1.39. The molecule has 0 amide bonds. The van der Waals surface area contributed by atoms with Gasteiger partial charge in [-0.3, -0.25) is 4.79 Å². The minimum absolute atomic E-state index is 0.366. The summed E-state index contributed by atoms with van der Waals surface area (Å²) >= 11 is 0. The largest absolute Gasteiger partial charge is 0.468 e. The number of carbonyl (C=O) groups is 1. The SMILES string of the molecule is C=CCC[C@]1(C(=O)OC)CCc2ccccc2[C@@]1(O)c1ccccc1. The van der Waals surface area contributed by atoms with E-state index in [4.69, 9.17) is 4.74 Å². The third kappa shape index (κ3) is 2.59. The number of ether oxygens (including phenoxy) is 1. The van der Waals surface area contributed by atoms with Crippen molar-refractivity contribution in [2.24, 2.45) is 5.41 Å². The van der Waals surface area contributed by atoms with Crippen molar-refractivity contribution in [2.45, 2.75) is 31.3 Å². The van der Waals surface area contributed by atoms with E-state index in [0.29, 0.717) is 19.3 Å². The van der Waals surface area contributed by atoms with Crippen LogP contribution in [0, 0.1) is 5.41 Å². The first-order chi connectivity index (χ1) is 12.1. The third-order valence-corrected chi connectivity index (χ3v) is 5.46. The highest BCUT2D eigenvalue weighted by molar-refractivity contribution is 5.81. The van der Waals surface area contributed by atoms with Crippen LogP contribution in [0.3, 0.4) is 0 Å². The van der Waals surface area contributed by atoms with Crippen LogP contribution in [0.2, 0.25) is 0 Å². The number of aryl methyl sites for hydroxylation is 1. The Kier molecular flexibility index (Phi) is 4.78. The number of aliphatic hydroxyl groups is 1. The second-order valence-corrected chi connectivity index (χ2v) is 6.63. The first-order valence-corrected chi connectivity index (χ1v) is 8.66. The maximum atomic E-state index is 13.0. The van der Waals surface area contributed by atoms with Gasteiger partial charge >= 0.3 is 5.97 Å². The number of hydrogen-bond acceptors (Lipinski definition) is 3. The van der Waals surface area contributed by atoms with Gasteiger partial charge in [-0.1, -0.05) is 60.7 Å². The monoisotopic (exact) mass is 336 g/mol. The minimum atomic E-state index is -1.43. The number of rotatable bonds is 5. The first kappa shape index (κ1) is 17.4. The molecular formula is C22H24O3. The fourth-order valence-electron chi connectivity index (χ4n) is 4.19. The Morgan fingerprint density at radius 1 is 1.20 bits per heavy atom. The topological polar surface area (TPSA) is 46.5 Å². The van der Waals surface area contributed by atoms with E-state index in [-0.39, 0.29) is 5.97 Å². The van der Waals surface area contributed by atoms with Crippen LogP contribution in [0.4, 0.5) is 0 Å². The Hall–Kier alpha value is -2.39. The van der Waals surface area contributed by atoms with Gasteiger partial charge in [0.2, 0.25) is 0 Å². The van der Waals surface area contributed by atoms with Gasteiger partial charge in [0.1, 0.15) is 11.0 Å². The van der Waals surface area contributed by atoms with Gasteiger partial charge in [-0.25, -0.2) is 0 Å².